The van der Waals surface area contributed by atoms with Crippen molar-refractivity contribution in [2.75, 3.05) is 11.9 Å². The molecule has 0 aliphatic carbocycles. The third kappa shape index (κ3) is 3.58. The molecule has 88 valence electrons. The van der Waals surface area contributed by atoms with Gasteiger partial charge in [0.15, 0.2) is 0 Å². The number of ether oxygens (including phenoxy) is 1. The summed E-state index contributed by atoms with van der Waals surface area (Å²) >= 11 is 11.7. The summed E-state index contributed by atoms with van der Waals surface area (Å²) < 4.78 is 4.87. The van der Waals surface area contributed by atoms with Crippen LogP contribution in [0.2, 0.25) is 10.0 Å². The number of esters is 1. The van der Waals surface area contributed by atoms with Gasteiger partial charge in [-0.2, -0.15) is 0 Å². The van der Waals surface area contributed by atoms with Gasteiger partial charge >= 0.3 is 5.97 Å². The molecule has 0 spiro atoms. The van der Waals surface area contributed by atoms with Crippen LogP contribution < -0.4 is 5.32 Å². The van der Waals surface area contributed by atoms with Gasteiger partial charge in [-0.3, -0.25) is 0 Å². The number of benzene rings is 1. The van der Waals surface area contributed by atoms with Crippen molar-refractivity contribution in [3.8, 4) is 0 Å². The van der Waals surface area contributed by atoms with E-state index in [1.165, 1.54) is 0 Å². The van der Waals surface area contributed by atoms with Crippen LogP contribution in [0.25, 0.3) is 0 Å². The van der Waals surface area contributed by atoms with Crippen molar-refractivity contribution >= 4 is 34.9 Å². The Kier molecular flexibility index (Phi) is 4.90. The Morgan fingerprint density at radius 2 is 2.19 bits per heavy atom. The number of hydrogen-bond acceptors (Lipinski definition) is 3. The highest BCUT2D eigenvalue weighted by Crippen LogP contribution is 2.25. The summed E-state index contributed by atoms with van der Waals surface area (Å²) in [5, 5.41) is 3.99. The molecule has 0 aromatic heterocycles. The zero-order chi connectivity index (χ0) is 12.1. The molecule has 0 fully saturated rings. The maximum Gasteiger partial charge on any atom is 0.328 e. The van der Waals surface area contributed by atoms with Crippen LogP contribution in [-0.4, -0.2) is 18.6 Å². The second-order valence-electron chi connectivity index (χ2n) is 3.24. The van der Waals surface area contributed by atoms with E-state index in [0.717, 1.165) is 0 Å². The predicted molar refractivity (Wildman–Crippen MR) is 66.2 cm³/mol. The Balaban J connectivity index is 2.69. The van der Waals surface area contributed by atoms with E-state index < -0.39 is 6.04 Å². The SMILES string of the molecule is CCOC(=O)C(C)Nc1ccc(Cl)cc1Cl. The highest BCUT2D eigenvalue weighted by Gasteiger charge is 2.14. The van der Waals surface area contributed by atoms with Gasteiger partial charge in [0.2, 0.25) is 0 Å². The summed E-state index contributed by atoms with van der Waals surface area (Å²) in [4.78, 5) is 11.4. The highest BCUT2D eigenvalue weighted by molar-refractivity contribution is 6.36. The zero-order valence-corrected chi connectivity index (χ0v) is 10.6. The molecule has 5 heteroatoms. The summed E-state index contributed by atoms with van der Waals surface area (Å²) in [5.74, 6) is -0.312. The third-order valence-corrected chi connectivity index (χ3v) is 2.49. The van der Waals surface area contributed by atoms with Crippen molar-refractivity contribution in [1.29, 1.82) is 0 Å². The molecular formula is C11H13Cl2NO2. The number of rotatable bonds is 4. The van der Waals surface area contributed by atoms with E-state index in [9.17, 15) is 4.79 Å². The molecule has 0 saturated carbocycles. The summed E-state index contributed by atoms with van der Waals surface area (Å²) in [5.41, 5.74) is 0.659. The molecule has 16 heavy (non-hydrogen) atoms. The fraction of sp³-hybridized carbons (Fsp3) is 0.364. The molecular weight excluding hydrogens is 249 g/mol. The monoisotopic (exact) mass is 261 g/mol. The van der Waals surface area contributed by atoms with Gasteiger partial charge in [0.25, 0.3) is 0 Å². The first kappa shape index (κ1) is 13.1. The van der Waals surface area contributed by atoms with Crippen LogP contribution >= 0.6 is 23.2 Å². The van der Waals surface area contributed by atoms with Crippen LogP contribution in [-0.2, 0) is 9.53 Å². The molecule has 0 amide bonds. The van der Waals surface area contributed by atoms with Crippen molar-refractivity contribution in [2.24, 2.45) is 0 Å². The van der Waals surface area contributed by atoms with Gasteiger partial charge < -0.3 is 10.1 Å². The third-order valence-electron chi connectivity index (χ3n) is 1.94. The Morgan fingerprint density at radius 1 is 1.50 bits per heavy atom. The number of carbonyl (C=O) groups is 1. The molecule has 0 saturated heterocycles. The normalized spacial score (nSPS) is 12.0. The Labute approximate surface area is 105 Å². The lowest BCUT2D eigenvalue weighted by atomic mass is 10.2. The average molecular weight is 262 g/mol. The van der Waals surface area contributed by atoms with Crippen molar-refractivity contribution in [3.63, 3.8) is 0 Å². The van der Waals surface area contributed by atoms with E-state index in [1.807, 2.05) is 0 Å². The molecule has 0 bridgehead atoms. The molecule has 1 rings (SSSR count). The van der Waals surface area contributed by atoms with Crippen LogP contribution in [0.5, 0.6) is 0 Å². The van der Waals surface area contributed by atoms with Gasteiger partial charge in [0, 0.05) is 5.02 Å². The van der Waals surface area contributed by atoms with E-state index in [0.29, 0.717) is 22.3 Å². The zero-order valence-electron chi connectivity index (χ0n) is 9.09. The van der Waals surface area contributed by atoms with Crippen molar-refractivity contribution < 1.29 is 9.53 Å². The van der Waals surface area contributed by atoms with E-state index in [-0.39, 0.29) is 5.97 Å². The largest absolute Gasteiger partial charge is 0.464 e. The van der Waals surface area contributed by atoms with Gasteiger partial charge in [-0.25, -0.2) is 4.79 Å². The standard InChI is InChI=1S/C11H13Cl2NO2/c1-3-16-11(15)7(2)14-10-5-4-8(12)6-9(10)13/h4-7,14H,3H2,1-2H3. The molecule has 3 nitrogen and oxygen atoms in total. The molecule has 1 unspecified atom stereocenters. The smallest absolute Gasteiger partial charge is 0.328 e. The van der Waals surface area contributed by atoms with Crippen molar-refractivity contribution in [1.82, 2.24) is 0 Å². The summed E-state index contributed by atoms with van der Waals surface area (Å²) in [6.07, 6.45) is 0. The first-order valence-corrected chi connectivity index (χ1v) is 5.68. The second kappa shape index (κ2) is 5.97. The molecule has 0 radical (unpaired) electrons. The molecule has 0 heterocycles. The van der Waals surface area contributed by atoms with Crippen LogP contribution in [0, 0.1) is 0 Å². The van der Waals surface area contributed by atoms with Crippen molar-refractivity contribution in [2.45, 2.75) is 19.9 Å². The van der Waals surface area contributed by atoms with E-state index >= 15 is 0 Å². The molecule has 1 atom stereocenters. The maximum absolute atomic E-state index is 11.4. The first-order chi connectivity index (χ1) is 7.54. The Morgan fingerprint density at radius 3 is 2.75 bits per heavy atom. The first-order valence-electron chi connectivity index (χ1n) is 4.92. The minimum atomic E-state index is -0.446. The van der Waals surface area contributed by atoms with Crippen LogP contribution in [0.3, 0.4) is 0 Å². The van der Waals surface area contributed by atoms with E-state index in [4.69, 9.17) is 27.9 Å². The van der Waals surface area contributed by atoms with Gasteiger partial charge in [0.1, 0.15) is 6.04 Å². The Bertz CT molecular complexity index is 382. The number of carbonyl (C=O) groups excluding carboxylic acids is 1. The molecule has 0 aliphatic rings. The highest BCUT2D eigenvalue weighted by atomic mass is 35.5. The van der Waals surface area contributed by atoms with Gasteiger partial charge in [-0.15, -0.1) is 0 Å². The summed E-state index contributed by atoms with van der Waals surface area (Å²) in [6, 6.07) is 4.59. The minimum Gasteiger partial charge on any atom is -0.464 e. The van der Waals surface area contributed by atoms with Crippen LogP contribution in [0.4, 0.5) is 5.69 Å². The lowest BCUT2D eigenvalue weighted by molar-refractivity contribution is -0.143. The van der Waals surface area contributed by atoms with Crippen molar-refractivity contribution in [3.05, 3.63) is 28.2 Å². The fourth-order valence-electron chi connectivity index (χ4n) is 1.17. The Hall–Kier alpha value is -0.930. The number of hydrogen-bond donors (Lipinski definition) is 1. The molecule has 1 aromatic rings. The molecule has 0 aliphatic heterocycles. The summed E-state index contributed by atoms with van der Waals surface area (Å²) in [6.45, 7) is 3.84. The minimum absolute atomic E-state index is 0.312. The fourth-order valence-corrected chi connectivity index (χ4v) is 1.63. The molecule has 1 N–H and O–H groups in total. The number of nitrogens with one attached hydrogen (secondary N) is 1. The number of anilines is 1. The predicted octanol–water partition coefficient (Wildman–Crippen LogP) is 3.36. The van der Waals surface area contributed by atoms with Crippen LogP contribution in [0.15, 0.2) is 18.2 Å². The topological polar surface area (TPSA) is 38.3 Å². The lowest BCUT2D eigenvalue weighted by Crippen LogP contribution is -2.28. The average Bonchev–Trinajstić information content (AvgIpc) is 2.22. The van der Waals surface area contributed by atoms with Gasteiger partial charge in [-0.1, -0.05) is 23.2 Å². The van der Waals surface area contributed by atoms with E-state index in [2.05, 4.69) is 5.32 Å². The lowest BCUT2D eigenvalue weighted by Gasteiger charge is -2.14. The number of halogens is 2. The maximum atomic E-state index is 11.4. The van der Waals surface area contributed by atoms with Gasteiger partial charge in [-0.05, 0) is 32.0 Å². The van der Waals surface area contributed by atoms with Crippen LogP contribution in [0.1, 0.15) is 13.8 Å². The molecule has 1 aromatic carbocycles. The summed E-state index contributed by atoms with van der Waals surface area (Å²) in [7, 11) is 0. The van der Waals surface area contributed by atoms with E-state index in [1.54, 1.807) is 32.0 Å². The second-order valence-corrected chi connectivity index (χ2v) is 4.09. The van der Waals surface area contributed by atoms with Gasteiger partial charge in [0.05, 0.1) is 17.3 Å². The quantitative estimate of drug-likeness (QED) is 0.845.